The first-order valence-corrected chi connectivity index (χ1v) is 6.76. The Bertz CT molecular complexity index is 338. The van der Waals surface area contributed by atoms with E-state index in [1.807, 2.05) is 26.8 Å². The topological polar surface area (TPSA) is 52.7 Å². The molecule has 0 amide bonds. The van der Waals surface area contributed by atoms with Crippen molar-refractivity contribution in [2.75, 3.05) is 46.2 Å². The normalized spacial score (nSPS) is 10.9. The molecule has 1 heterocycles. The van der Waals surface area contributed by atoms with Crippen molar-refractivity contribution in [3.05, 3.63) is 17.5 Å². The molecule has 19 heavy (non-hydrogen) atoms. The summed E-state index contributed by atoms with van der Waals surface area (Å²) >= 11 is 0. The first-order chi connectivity index (χ1) is 9.24. The largest absolute Gasteiger partial charge is 0.489 e. The molecule has 0 unspecified atom stereocenters. The van der Waals surface area contributed by atoms with E-state index in [1.54, 1.807) is 0 Å². The molecule has 0 aromatic carbocycles. The van der Waals surface area contributed by atoms with Gasteiger partial charge in [-0.15, -0.1) is 0 Å². The van der Waals surface area contributed by atoms with E-state index in [0.29, 0.717) is 39.6 Å². The van der Waals surface area contributed by atoms with Crippen molar-refractivity contribution in [3.8, 4) is 5.75 Å². The fourth-order valence-corrected chi connectivity index (χ4v) is 1.64. The van der Waals surface area contributed by atoms with Gasteiger partial charge in [-0.1, -0.05) is 0 Å². The van der Waals surface area contributed by atoms with E-state index >= 15 is 0 Å². The Morgan fingerprint density at radius 2 is 1.47 bits per heavy atom. The molecule has 1 rings (SSSR count). The van der Waals surface area contributed by atoms with Gasteiger partial charge in [0.15, 0.2) is 0 Å². The number of nitrogens with one attached hydrogen (secondary N) is 1. The zero-order chi connectivity index (χ0) is 13.9. The lowest BCUT2D eigenvalue weighted by Crippen LogP contribution is -2.12. The predicted octanol–water partition coefficient (Wildman–Crippen LogP) is 2.08. The number of H-pyrrole nitrogens is 1. The van der Waals surface area contributed by atoms with Crippen LogP contribution in [0.15, 0.2) is 6.07 Å². The van der Waals surface area contributed by atoms with Crippen molar-refractivity contribution < 1.29 is 18.9 Å². The fourth-order valence-electron chi connectivity index (χ4n) is 1.64. The van der Waals surface area contributed by atoms with Crippen LogP contribution in [0.5, 0.6) is 5.75 Å². The lowest BCUT2D eigenvalue weighted by atomic mass is 10.4. The van der Waals surface area contributed by atoms with Crippen molar-refractivity contribution >= 4 is 0 Å². The minimum atomic E-state index is 0.553. The van der Waals surface area contributed by atoms with Gasteiger partial charge in [-0.05, 0) is 20.8 Å². The zero-order valence-corrected chi connectivity index (χ0v) is 12.2. The maximum absolute atomic E-state index is 5.60. The van der Waals surface area contributed by atoms with E-state index in [0.717, 1.165) is 23.7 Å². The summed E-state index contributed by atoms with van der Waals surface area (Å²) in [5, 5.41) is 0. The van der Waals surface area contributed by atoms with E-state index < -0.39 is 0 Å². The molecule has 5 nitrogen and oxygen atoms in total. The van der Waals surface area contributed by atoms with Gasteiger partial charge in [0.25, 0.3) is 0 Å². The van der Waals surface area contributed by atoms with E-state index in [1.165, 1.54) is 0 Å². The van der Waals surface area contributed by atoms with Gasteiger partial charge < -0.3 is 23.9 Å². The van der Waals surface area contributed by atoms with E-state index in [2.05, 4.69) is 4.98 Å². The highest BCUT2D eigenvalue weighted by molar-refractivity contribution is 5.30. The zero-order valence-electron chi connectivity index (χ0n) is 12.2. The number of hydrogen-bond acceptors (Lipinski definition) is 4. The molecule has 0 aliphatic carbocycles. The van der Waals surface area contributed by atoms with Crippen LogP contribution in [0.25, 0.3) is 0 Å². The molecule has 0 atom stereocenters. The average molecular weight is 271 g/mol. The van der Waals surface area contributed by atoms with Gasteiger partial charge in [0.1, 0.15) is 12.4 Å². The highest BCUT2D eigenvalue weighted by atomic mass is 16.6. The Kier molecular flexibility index (Phi) is 8.29. The number of ether oxygens (including phenoxy) is 4. The van der Waals surface area contributed by atoms with E-state index in [-0.39, 0.29) is 0 Å². The molecule has 5 heteroatoms. The van der Waals surface area contributed by atoms with Gasteiger partial charge in [-0.3, -0.25) is 0 Å². The minimum Gasteiger partial charge on any atom is -0.489 e. The third kappa shape index (κ3) is 7.20. The summed E-state index contributed by atoms with van der Waals surface area (Å²) in [7, 11) is 0. The van der Waals surface area contributed by atoms with Gasteiger partial charge in [-0.25, -0.2) is 0 Å². The van der Waals surface area contributed by atoms with Crippen LogP contribution in [-0.2, 0) is 14.2 Å². The minimum absolute atomic E-state index is 0.553. The molecule has 110 valence electrons. The van der Waals surface area contributed by atoms with Crippen molar-refractivity contribution in [2.45, 2.75) is 20.8 Å². The molecule has 0 fully saturated rings. The summed E-state index contributed by atoms with van der Waals surface area (Å²) in [4.78, 5) is 3.20. The monoisotopic (exact) mass is 271 g/mol. The number of hydrogen-bond donors (Lipinski definition) is 1. The lowest BCUT2D eigenvalue weighted by molar-refractivity contribution is 0.0113. The number of rotatable bonds is 11. The van der Waals surface area contributed by atoms with Crippen molar-refractivity contribution in [2.24, 2.45) is 0 Å². The molecule has 0 aliphatic heterocycles. The SMILES string of the molecule is CCOCCOCCOCCOc1cc(C)[nH]c1C. The Morgan fingerprint density at radius 1 is 0.895 bits per heavy atom. The summed E-state index contributed by atoms with van der Waals surface area (Å²) in [6, 6.07) is 1.99. The molecule has 0 aliphatic rings. The van der Waals surface area contributed by atoms with E-state index in [4.69, 9.17) is 18.9 Å². The summed E-state index contributed by atoms with van der Waals surface area (Å²) in [6.45, 7) is 10.3. The van der Waals surface area contributed by atoms with Crippen LogP contribution >= 0.6 is 0 Å². The smallest absolute Gasteiger partial charge is 0.140 e. The Labute approximate surface area is 115 Å². The van der Waals surface area contributed by atoms with Gasteiger partial charge in [0, 0.05) is 18.4 Å². The average Bonchev–Trinajstić information content (AvgIpc) is 2.70. The van der Waals surface area contributed by atoms with Crippen LogP contribution in [0.2, 0.25) is 0 Å². The molecule has 0 radical (unpaired) electrons. The maximum atomic E-state index is 5.60. The standard InChI is InChI=1S/C14H25NO4/c1-4-16-5-6-17-7-8-18-9-10-19-14-11-12(2)15-13(14)3/h11,15H,4-10H2,1-3H3. The summed E-state index contributed by atoms with van der Waals surface area (Å²) in [5.41, 5.74) is 2.16. The van der Waals surface area contributed by atoms with Crippen molar-refractivity contribution in [1.29, 1.82) is 0 Å². The van der Waals surface area contributed by atoms with Crippen LogP contribution in [0.1, 0.15) is 18.3 Å². The lowest BCUT2D eigenvalue weighted by Gasteiger charge is -2.07. The summed E-state index contributed by atoms with van der Waals surface area (Å²) in [5.74, 6) is 0.897. The highest BCUT2D eigenvalue weighted by Crippen LogP contribution is 2.17. The number of aromatic amines is 1. The predicted molar refractivity (Wildman–Crippen MR) is 73.9 cm³/mol. The summed E-state index contributed by atoms with van der Waals surface area (Å²) in [6.07, 6.45) is 0. The van der Waals surface area contributed by atoms with Crippen LogP contribution in [0.4, 0.5) is 0 Å². The van der Waals surface area contributed by atoms with Crippen LogP contribution in [0.3, 0.4) is 0 Å². The molecule has 0 saturated heterocycles. The molecule has 1 N–H and O–H groups in total. The summed E-state index contributed by atoms with van der Waals surface area (Å²) < 4.78 is 21.5. The quantitative estimate of drug-likeness (QED) is 0.626. The maximum Gasteiger partial charge on any atom is 0.140 e. The fraction of sp³-hybridized carbons (Fsp3) is 0.714. The van der Waals surface area contributed by atoms with Crippen molar-refractivity contribution in [1.82, 2.24) is 4.98 Å². The Balaban J connectivity index is 1.90. The highest BCUT2D eigenvalue weighted by Gasteiger charge is 2.02. The van der Waals surface area contributed by atoms with Crippen LogP contribution in [-0.4, -0.2) is 51.2 Å². The third-order valence-corrected chi connectivity index (χ3v) is 2.54. The number of aromatic nitrogens is 1. The second-order valence-corrected chi connectivity index (χ2v) is 4.21. The molecular weight excluding hydrogens is 246 g/mol. The first-order valence-electron chi connectivity index (χ1n) is 6.76. The van der Waals surface area contributed by atoms with Gasteiger partial charge in [-0.2, -0.15) is 0 Å². The van der Waals surface area contributed by atoms with Crippen LogP contribution in [0, 0.1) is 13.8 Å². The molecule has 0 bridgehead atoms. The Morgan fingerprint density at radius 3 is 2.00 bits per heavy atom. The second-order valence-electron chi connectivity index (χ2n) is 4.21. The molecule has 1 aromatic rings. The first kappa shape index (κ1) is 16.0. The molecular formula is C14H25NO4. The molecule has 1 aromatic heterocycles. The molecule has 0 saturated carbocycles. The number of aryl methyl sites for hydroxylation is 2. The Hall–Kier alpha value is -1.04. The van der Waals surface area contributed by atoms with Crippen LogP contribution < -0.4 is 4.74 Å². The van der Waals surface area contributed by atoms with Crippen molar-refractivity contribution in [3.63, 3.8) is 0 Å². The van der Waals surface area contributed by atoms with E-state index in [9.17, 15) is 0 Å². The van der Waals surface area contributed by atoms with Gasteiger partial charge in [0.2, 0.25) is 0 Å². The second kappa shape index (κ2) is 9.83. The van der Waals surface area contributed by atoms with Gasteiger partial charge in [0.05, 0.1) is 38.7 Å². The van der Waals surface area contributed by atoms with Gasteiger partial charge >= 0.3 is 0 Å². The molecule has 0 spiro atoms. The third-order valence-electron chi connectivity index (χ3n) is 2.54.